The smallest absolute Gasteiger partial charge is 0.191 e. The molecule has 1 fully saturated rings. The molecule has 0 aliphatic heterocycles. The van der Waals surface area contributed by atoms with Crippen molar-refractivity contribution in [2.75, 3.05) is 60.1 Å². The number of aliphatic hydroxyl groups excluding tert-OH is 1. The van der Waals surface area contributed by atoms with Gasteiger partial charge in [-0.15, -0.1) is 0 Å². The third-order valence-electron chi connectivity index (χ3n) is 5.16. The second kappa shape index (κ2) is 13.4. The molecule has 0 unspecified atom stereocenters. The average molecular weight is 357 g/mol. The number of aliphatic imine (C=N–C) groups is 1. The van der Waals surface area contributed by atoms with E-state index in [1.807, 2.05) is 0 Å². The first kappa shape index (κ1) is 22.2. The number of nitrogens with one attached hydrogen (secondary N) is 2. The first-order valence-electron chi connectivity index (χ1n) is 9.96. The van der Waals surface area contributed by atoms with Crippen LogP contribution in [0.2, 0.25) is 0 Å². The molecule has 1 aliphatic carbocycles. The van der Waals surface area contributed by atoms with Crippen molar-refractivity contribution in [2.45, 2.75) is 51.9 Å². The molecule has 0 spiro atoms. The van der Waals surface area contributed by atoms with Gasteiger partial charge >= 0.3 is 0 Å². The van der Waals surface area contributed by atoms with Gasteiger partial charge in [0.05, 0.1) is 6.61 Å². The van der Waals surface area contributed by atoms with Gasteiger partial charge in [-0.05, 0) is 51.6 Å². The minimum Gasteiger partial charge on any atom is -0.396 e. The van der Waals surface area contributed by atoms with Gasteiger partial charge < -0.3 is 25.4 Å². The molecule has 0 atom stereocenters. The fourth-order valence-electron chi connectivity index (χ4n) is 3.53. The summed E-state index contributed by atoms with van der Waals surface area (Å²) in [6.45, 7) is 7.76. The molecule has 1 aliphatic rings. The van der Waals surface area contributed by atoms with Gasteiger partial charge in [0.25, 0.3) is 0 Å². The molecule has 0 saturated heterocycles. The first-order chi connectivity index (χ1) is 12.2. The summed E-state index contributed by atoms with van der Waals surface area (Å²) in [5.41, 5.74) is 0.204. The Morgan fingerprint density at radius 1 is 1.20 bits per heavy atom. The fourth-order valence-corrected chi connectivity index (χ4v) is 3.53. The largest absolute Gasteiger partial charge is 0.396 e. The van der Waals surface area contributed by atoms with Crippen molar-refractivity contribution in [3.05, 3.63) is 0 Å². The minimum atomic E-state index is 0.204. The molecular weight excluding hydrogens is 316 g/mol. The van der Waals surface area contributed by atoms with Crippen LogP contribution in [0.1, 0.15) is 51.9 Å². The van der Waals surface area contributed by atoms with Crippen LogP contribution >= 0.6 is 0 Å². The van der Waals surface area contributed by atoms with E-state index < -0.39 is 0 Å². The summed E-state index contributed by atoms with van der Waals surface area (Å²) < 4.78 is 5.10. The molecule has 0 aromatic heterocycles. The summed E-state index contributed by atoms with van der Waals surface area (Å²) in [6, 6.07) is 0. The maximum atomic E-state index is 9.45. The summed E-state index contributed by atoms with van der Waals surface area (Å²) in [4.78, 5) is 7.13. The lowest BCUT2D eigenvalue weighted by atomic mass is 9.72. The van der Waals surface area contributed by atoms with Crippen LogP contribution in [0.25, 0.3) is 0 Å². The molecule has 148 valence electrons. The van der Waals surface area contributed by atoms with Crippen LogP contribution in [0.3, 0.4) is 0 Å². The molecular formula is C19H40N4O2. The van der Waals surface area contributed by atoms with Gasteiger partial charge in [-0.25, -0.2) is 0 Å². The van der Waals surface area contributed by atoms with Crippen molar-refractivity contribution >= 4 is 5.96 Å². The number of nitrogens with zero attached hydrogens (tertiary/aromatic N) is 2. The second-order valence-electron chi connectivity index (χ2n) is 7.31. The topological polar surface area (TPSA) is 69.1 Å². The molecule has 0 aromatic carbocycles. The highest BCUT2D eigenvalue weighted by Gasteiger charge is 2.31. The van der Waals surface area contributed by atoms with Crippen molar-refractivity contribution in [2.24, 2.45) is 10.4 Å². The Balaban J connectivity index is 2.41. The zero-order chi connectivity index (χ0) is 18.4. The van der Waals surface area contributed by atoms with Crippen LogP contribution < -0.4 is 10.6 Å². The van der Waals surface area contributed by atoms with E-state index in [-0.39, 0.29) is 12.0 Å². The number of methoxy groups -OCH3 is 1. The summed E-state index contributed by atoms with van der Waals surface area (Å²) in [5.74, 6) is 0.907. The van der Waals surface area contributed by atoms with E-state index in [9.17, 15) is 5.11 Å². The summed E-state index contributed by atoms with van der Waals surface area (Å²) in [7, 11) is 3.87. The first-order valence-corrected chi connectivity index (χ1v) is 9.96. The van der Waals surface area contributed by atoms with Gasteiger partial charge in [-0.2, -0.15) is 0 Å². The van der Waals surface area contributed by atoms with Crippen LogP contribution in [-0.4, -0.2) is 76.1 Å². The van der Waals surface area contributed by atoms with Gasteiger partial charge in [0.1, 0.15) is 0 Å². The third kappa shape index (κ3) is 9.42. The van der Waals surface area contributed by atoms with Gasteiger partial charge in [0.2, 0.25) is 0 Å². The minimum absolute atomic E-state index is 0.204. The van der Waals surface area contributed by atoms with Gasteiger partial charge in [-0.3, -0.25) is 4.99 Å². The number of hydrogen-bond donors (Lipinski definition) is 3. The van der Waals surface area contributed by atoms with Crippen molar-refractivity contribution < 1.29 is 9.84 Å². The summed E-state index contributed by atoms with van der Waals surface area (Å²) >= 11 is 0. The van der Waals surface area contributed by atoms with Crippen LogP contribution in [0, 0.1) is 5.41 Å². The Morgan fingerprint density at radius 3 is 2.60 bits per heavy atom. The zero-order valence-electron chi connectivity index (χ0n) is 16.6. The van der Waals surface area contributed by atoms with Crippen molar-refractivity contribution in [1.29, 1.82) is 0 Å². The standard InChI is InChI=1S/C19H40N4O2/c1-4-20-18(21-12-8-13-23(2)14-16-25-3)22-17-19(11-15-24)9-6-5-7-10-19/h24H,4-17H2,1-3H3,(H2,20,21,22). The van der Waals surface area contributed by atoms with Crippen molar-refractivity contribution in [3.8, 4) is 0 Å². The van der Waals surface area contributed by atoms with Crippen LogP contribution in [-0.2, 0) is 4.74 Å². The number of guanidine groups is 1. The zero-order valence-corrected chi connectivity index (χ0v) is 16.6. The number of aliphatic hydroxyl groups is 1. The molecule has 1 rings (SSSR count). The second-order valence-corrected chi connectivity index (χ2v) is 7.31. The normalized spacial score (nSPS) is 17.7. The van der Waals surface area contributed by atoms with Crippen molar-refractivity contribution in [3.63, 3.8) is 0 Å². The SMILES string of the molecule is CCNC(=NCC1(CCO)CCCCC1)NCCCN(C)CCOC. The van der Waals surface area contributed by atoms with Gasteiger partial charge in [0.15, 0.2) is 5.96 Å². The Morgan fingerprint density at radius 2 is 1.96 bits per heavy atom. The predicted molar refractivity (Wildman–Crippen MR) is 105 cm³/mol. The highest BCUT2D eigenvalue weighted by Crippen LogP contribution is 2.39. The monoisotopic (exact) mass is 356 g/mol. The maximum absolute atomic E-state index is 9.45. The summed E-state index contributed by atoms with van der Waals surface area (Å²) in [6.07, 6.45) is 8.21. The number of rotatable bonds is 12. The molecule has 0 aromatic rings. The molecule has 6 heteroatoms. The molecule has 0 radical (unpaired) electrons. The lowest BCUT2D eigenvalue weighted by molar-refractivity contribution is 0.137. The van der Waals surface area contributed by atoms with Crippen molar-refractivity contribution in [1.82, 2.24) is 15.5 Å². The molecule has 0 heterocycles. The quantitative estimate of drug-likeness (QED) is 0.283. The Bertz CT molecular complexity index is 352. The molecule has 0 amide bonds. The van der Waals surface area contributed by atoms with Crippen LogP contribution in [0.4, 0.5) is 0 Å². The van der Waals surface area contributed by atoms with Crippen LogP contribution in [0.15, 0.2) is 4.99 Å². The molecule has 6 nitrogen and oxygen atoms in total. The molecule has 0 bridgehead atoms. The summed E-state index contributed by atoms with van der Waals surface area (Å²) in [5, 5.41) is 16.2. The van der Waals surface area contributed by atoms with Crippen LogP contribution in [0.5, 0.6) is 0 Å². The van der Waals surface area contributed by atoms with E-state index in [1.165, 1.54) is 32.1 Å². The molecule has 25 heavy (non-hydrogen) atoms. The van der Waals surface area contributed by atoms with E-state index in [1.54, 1.807) is 7.11 Å². The highest BCUT2D eigenvalue weighted by molar-refractivity contribution is 5.79. The number of likely N-dealkylation sites (N-methyl/N-ethyl adjacent to an activating group) is 1. The lowest BCUT2D eigenvalue weighted by Gasteiger charge is -2.35. The maximum Gasteiger partial charge on any atom is 0.191 e. The highest BCUT2D eigenvalue weighted by atomic mass is 16.5. The Kier molecular flexibility index (Phi) is 11.9. The molecule has 1 saturated carbocycles. The van der Waals surface area contributed by atoms with E-state index >= 15 is 0 Å². The third-order valence-corrected chi connectivity index (χ3v) is 5.16. The van der Waals surface area contributed by atoms with Gasteiger partial charge in [0, 0.05) is 39.9 Å². The van der Waals surface area contributed by atoms with E-state index in [4.69, 9.17) is 9.73 Å². The van der Waals surface area contributed by atoms with E-state index in [0.29, 0.717) is 0 Å². The van der Waals surface area contributed by atoms with E-state index in [2.05, 4.69) is 29.5 Å². The van der Waals surface area contributed by atoms with Gasteiger partial charge in [-0.1, -0.05) is 19.3 Å². The number of ether oxygens (including phenoxy) is 1. The van der Waals surface area contributed by atoms with E-state index in [0.717, 1.165) is 58.1 Å². The predicted octanol–water partition coefficient (Wildman–Crippen LogP) is 1.84. The fraction of sp³-hybridized carbons (Fsp3) is 0.947. The average Bonchev–Trinajstić information content (AvgIpc) is 2.62. The molecule has 3 N–H and O–H groups in total. The Hall–Kier alpha value is -0.850. The Labute approximate surface area is 154 Å². The number of hydrogen-bond acceptors (Lipinski definition) is 4. The lowest BCUT2D eigenvalue weighted by Crippen LogP contribution is -2.40.